The van der Waals surface area contributed by atoms with E-state index in [4.69, 9.17) is 14.9 Å². The number of aliphatic hydroxyl groups excluding tert-OH is 2. The summed E-state index contributed by atoms with van der Waals surface area (Å²) in [6.45, 7) is 1.89. The molecule has 0 aliphatic carbocycles. The van der Waals surface area contributed by atoms with Crippen molar-refractivity contribution >= 4 is 5.97 Å². The van der Waals surface area contributed by atoms with Crippen LogP contribution >= 0.6 is 0 Å². The fourth-order valence-electron chi connectivity index (χ4n) is 2.31. The molecule has 26 heavy (non-hydrogen) atoms. The summed E-state index contributed by atoms with van der Waals surface area (Å²) in [4.78, 5) is 10.4. The predicted molar refractivity (Wildman–Crippen MR) is 105 cm³/mol. The first-order valence-corrected chi connectivity index (χ1v) is 9.72. The van der Waals surface area contributed by atoms with E-state index in [2.05, 4.69) is 31.2 Å². The van der Waals surface area contributed by atoms with E-state index in [1.54, 1.807) is 0 Å². The third kappa shape index (κ3) is 17.2. The highest BCUT2D eigenvalue weighted by molar-refractivity contribution is 5.66. The van der Waals surface area contributed by atoms with E-state index in [9.17, 15) is 9.90 Å². The molecule has 0 saturated carbocycles. The molecule has 3 N–H and O–H groups in total. The first kappa shape index (κ1) is 24.4. The molecule has 0 saturated heterocycles. The van der Waals surface area contributed by atoms with Crippen molar-refractivity contribution in [3.05, 3.63) is 36.1 Å². The van der Waals surface area contributed by atoms with E-state index >= 15 is 0 Å². The quantitative estimate of drug-likeness (QED) is 0.202. The molecule has 0 fully saturated rings. The molecule has 0 aromatic heterocycles. The van der Waals surface area contributed by atoms with Crippen LogP contribution in [0.5, 0.6) is 0 Å². The van der Waals surface area contributed by atoms with Crippen molar-refractivity contribution in [2.24, 2.45) is 0 Å². The minimum absolute atomic E-state index is 0.101. The van der Waals surface area contributed by atoms with Gasteiger partial charge in [-0.15, -0.1) is 0 Å². The zero-order chi connectivity index (χ0) is 19.5. The summed E-state index contributed by atoms with van der Waals surface area (Å²) >= 11 is 0. The van der Waals surface area contributed by atoms with Gasteiger partial charge in [-0.3, -0.25) is 4.79 Å². The number of unbranched alkanes of at least 4 members (excludes halogenated alkanes) is 5. The Morgan fingerprint density at radius 2 is 1.77 bits per heavy atom. The van der Waals surface area contributed by atoms with Crippen LogP contribution in [0.2, 0.25) is 0 Å². The van der Waals surface area contributed by atoms with Crippen LogP contribution < -0.4 is 0 Å². The summed E-state index contributed by atoms with van der Waals surface area (Å²) < 4.78 is 5.58. The zero-order valence-electron chi connectivity index (χ0n) is 16.1. The van der Waals surface area contributed by atoms with Gasteiger partial charge in [-0.1, -0.05) is 50.5 Å². The maximum absolute atomic E-state index is 10.4. The molecular weight excluding hydrogens is 332 g/mol. The number of carboxylic acid groups (broad SMARTS) is 1. The van der Waals surface area contributed by atoms with Gasteiger partial charge in [0.15, 0.2) is 0 Å². The molecule has 0 spiro atoms. The number of hydrogen-bond donors (Lipinski definition) is 3. The van der Waals surface area contributed by atoms with E-state index in [1.165, 1.54) is 0 Å². The summed E-state index contributed by atoms with van der Waals surface area (Å²) in [5.41, 5.74) is 0. The smallest absolute Gasteiger partial charge is 0.303 e. The monoisotopic (exact) mass is 368 g/mol. The van der Waals surface area contributed by atoms with Crippen LogP contribution in [0, 0.1) is 0 Å². The standard InChI is InChI=1S/C21H36O5/c1-2-3-4-11-14-20(26-18-19(23)17-22)15-12-9-7-5-6-8-10-13-16-21(24)25/h3-4,9,12,14,19,22-23H,2,5-8,10-11,13,15-18H2,1H3,(H,24,25)/b4-3-,12-9-,20-14+. The van der Waals surface area contributed by atoms with Gasteiger partial charge in [0.25, 0.3) is 0 Å². The normalized spacial score (nSPS) is 13.6. The average Bonchev–Trinajstić information content (AvgIpc) is 2.63. The number of ether oxygens (including phenoxy) is 1. The minimum atomic E-state index is -0.852. The second-order valence-corrected chi connectivity index (χ2v) is 6.31. The number of aliphatic hydroxyl groups is 2. The van der Waals surface area contributed by atoms with Crippen molar-refractivity contribution in [3.63, 3.8) is 0 Å². The summed E-state index contributed by atoms with van der Waals surface area (Å²) in [7, 11) is 0. The highest BCUT2D eigenvalue weighted by atomic mass is 16.5. The molecule has 0 rings (SSSR count). The lowest BCUT2D eigenvalue weighted by molar-refractivity contribution is -0.137. The van der Waals surface area contributed by atoms with Gasteiger partial charge in [0.2, 0.25) is 0 Å². The molecule has 0 bridgehead atoms. The van der Waals surface area contributed by atoms with Gasteiger partial charge in [-0.25, -0.2) is 0 Å². The molecule has 0 aliphatic rings. The first-order chi connectivity index (χ1) is 12.6. The molecule has 0 heterocycles. The van der Waals surface area contributed by atoms with Gasteiger partial charge in [0, 0.05) is 12.8 Å². The molecule has 0 aromatic carbocycles. The zero-order valence-corrected chi connectivity index (χ0v) is 16.1. The van der Waals surface area contributed by atoms with Crippen LogP contribution in [0.4, 0.5) is 0 Å². The number of carboxylic acids is 1. The third-order valence-electron chi connectivity index (χ3n) is 3.80. The van der Waals surface area contributed by atoms with Crippen molar-refractivity contribution in [1.29, 1.82) is 0 Å². The molecule has 1 atom stereocenters. The molecular formula is C21H36O5. The fraction of sp³-hybridized carbons (Fsp3) is 0.667. The maximum atomic E-state index is 10.4. The summed E-state index contributed by atoms with van der Waals surface area (Å²) in [5, 5.41) is 26.8. The average molecular weight is 369 g/mol. The minimum Gasteiger partial charge on any atom is -0.495 e. The van der Waals surface area contributed by atoms with E-state index < -0.39 is 12.1 Å². The van der Waals surface area contributed by atoms with Gasteiger partial charge >= 0.3 is 5.97 Å². The second kappa shape index (κ2) is 18.2. The molecule has 1 unspecified atom stereocenters. The van der Waals surface area contributed by atoms with Crippen molar-refractivity contribution in [2.75, 3.05) is 13.2 Å². The number of hydrogen-bond acceptors (Lipinski definition) is 4. The Bertz CT molecular complexity index is 426. The van der Waals surface area contributed by atoms with Crippen molar-refractivity contribution in [1.82, 2.24) is 0 Å². The summed E-state index contributed by atoms with van der Waals surface area (Å²) in [5.74, 6) is 0.0962. The van der Waals surface area contributed by atoms with E-state index in [-0.39, 0.29) is 19.6 Å². The lowest BCUT2D eigenvalue weighted by atomic mass is 10.1. The van der Waals surface area contributed by atoms with Crippen LogP contribution in [0.25, 0.3) is 0 Å². The molecule has 5 heteroatoms. The second-order valence-electron chi connectivity index (χ2n) is 6.31. The van der Waals surface area contributed by atoms with E-state index in [1.807, 2.05) is 6.08 Å². The Kier molecular flexibility index (Phi) is 17.1. The van der Waals surface area contributed by atoms with Crippen molar-refractivity contribution in [2.45, 2.75) is 77.2 Å². The fourth-order valence-corrected chi connectivity index (χ4v) is 2.31. The summed E-state index contributed by atoms with van der Waals surface area (Å²) in [6.07, 6.45) is 18.3. The molecule has 0 amide bonds. The van der Waals surface area contributed by atoms with Gasteiger partial charge in [-0.05, 0) is 38.2 Å². The Labute approximate surface area is 158 Å². The van der Waals surface area contributed by atoms with Gasteiger partial charge in [-0.2, -0.15) is 0 Å². The Balaban J connectivity index is 3.99. The first-order valence-electron chi connectivity index (χ1n) is 9.72. The van der Waals surface area contributed by atoms with Gasteiger partial charge in [0.05, 0.1) is 12.4 Å². The largest absolute Gasteiger partial charge is 0.495 e. The van der Waals surface area contributed by atoms with Crippen LogP contribution in [0.3, 0.4) is 0 Å². The molecule has 0 radical (unpaired) electrons. The highest BCUT2D eigenvalue weighted by Gasteiger charge is 2.04. The molecule has 150 valence electrons. The van der Waals surface area contributed by atoms with Crippen LogP contribution in [0.15, 0.2) is 36.1 Å². The van der Waals surface area contributed by atoms with Crippen molar-refractivity contribution < 1.29 is 24.9 Å². The topological polar surface area (TPSA) is 87.0 Å². The van der Waals surface area contributed by atoms with Crippen LogP contribution in [-0.2, 0) is 9.53 Å². The maximum Gasteiger partial charge on any atom is 0.303 e. The number of allylic oxidation sites excluding steroid dienone is 5. The highest BCUT2D eigenvalue weighted by Crippen LogP contribution is 2.11. The molecule has 5 nitrogen and oxygen atoms in total. The lowest BCUT2D eigenvalue weighted by Gasteiger charge is -2.12. The summed E-state index contributed by atoms with van der Waals surface area (Å²) in [6, 6.07) is 0. The molecule has 0 aromatic rings. The van der Waals surface area contributed by atoms with E-state index in [0.29, 0.717) is 6.42 Å². The predicted octanol–water partition coefficient (Wildman–Crippen LogP) is 4.36. The number of carbonyl (C=O) groups is 1. The van der Waals surface area contributed by atoms with E-state index in [0.717, 1.165) is 57.1 Å². The van der Waals surface area contributed by atoms with Gasteiger partial charge < -0.3 is 20.1 Å². The Hall–Kier alpha value is -1.59. The SMILES string of the molecule is CC/C=C\C/C=C(\C/C=C\CCCCCCCC(=O)O)OCC(O)CO. The lowest BCUT2D eigenvalue weighted by Crippen LogP contribution is -2.19. The number of rotatable bonds is 17. The van der Waals surface area contributed by atoms with Crippen molar-refractivity contribution in [3.8, 4) is 0 Å². The van der Waals surface area contributed by atoms with Crippen LogP contribution in [0.1, 0.15) is 71.1 Å². The third-order valence-corrected chi connectivity index (χ3v) is 3.80. The Morgan fingerprint density at radius 1 is 1.04 bits per heavy atom. The Morgan fingerprint density at radius 3 is 2.46 bits per heavy atom. The van der Waals surface area contributed by atoms with Gasteiger partial charge in [0.1, 0.15) is 12.7 Å². The number of aliphatic carboxylic acids is 1. The van der Waals surface area contributed by atoms with Crippen LogP contribution in [-0.4, -0.2) is 40.6 Å². The molecule has 0 aliphatic heterocycles.